The molecule has 0 atom stereocenters. The SMILES string of the molecule is COc1cc(CNCCC(C)C)c(Br)cc1OCc1ccccc1C. The van der Waals surface area contributed by atoms with Gasteiger partial charge in [0.1, 0.15) is 6.61 Å². The predicted octanol–water partition coefficient (Wildman–Crippen LogP) is 5.48. The number of methoxy groups -OCH3 is 1. The molecule has 0 radical (unpaired) electrons. The first-order valence-electron chi connectivity index (χ1n) is 8.75. The van der Waals surface area contributed by atoms with Crippen molar-refractivity contribution in [2.24, 2.45) is 5.92 Å². The molecule has 136 valence electrons. The van der Waals surface area contributed by atoms with Gasteiger partial charge in [-0.25, -0.2) is 0 Å². The van der Waals surface area contributed by atoms with Crippen LogP contribution >= 0.6 is 15.9 Å². The van der Waals surface area contributed by atoms with Gasteiger partial charge in [0.05, 0.1) is 7.11 Å². The topological polar surface area (TPSA) is 30.5 Å². The lowest BCUT2D eigenvalue weighted by Gasteiger charge is -2.15. The van der Waals surface area contributed by atoms with Gasteiger partial charge in [-0.05, 0) is 54.6 Å². The highest BCUT2D eigenvalue weighted by Crippen LogP contribution is 2.34. The maximum Gasteiger partial charge on any atom is 0.162 e. The zero-order valence-electron chi connectivity index (χ0n) is 15.6. The van der Waals surface area contributed by atoms with Crippen LogP contribution in [0.2, 0.25) is 0 Å². The third-order valence-electron chi connectivity index (χ3n) is 4.19. The zero-order chi connectivity index (χ0) is 18.2. The number of halogens is 1. The van der Waals surface area contributed by atoms with E-state index in [1.807, 2.05) is 24.3 Å². The number of hydrogen-bond donors (Lipinski definition) is 1. The summed E-state index contributed by atoms with van der Waals surface area (Å²) in [6, 6.07) is 12.3. The number of rotatable bonds is 9. The molecule has 1 N–H and O–H groups in total. The van der Waals surface area contributed by atoms with Gasteiger partial charge in [-0.15, -0.1) is 0 Å². The molecule has 0 fully saturated rings. The highest BCUT2D eigenvalue weighted by atomic mass is 79.9. The summed E-state index contributed by atoms with van der Waals surface area (Å²) in [5.74, 6) is 2.23. The highest BCUT2D eigenvalue weighted by Gasteiger charge is 2.11. The van der Waals surface area contributed by atoms with Gasteiger partial charge in [-0.3, -0.25) is 0 Å². The van der Waals surface area contributed by atoms with Crippen LogP contribution in [0.25, 0.3) is 0 Å². The normalized spacial score (nSPS) is 11.0. The molecule has 3 nitrogen and oxygen atoms in total. The molecule has 0 unspecified atom stereocenters. The van der Waals surface area contributed by atoms with E-state index in [1.54, 1.807) is 7.11 Å². The summed E-state index contributed by atoms with van der Waals surface area (Å²) >= 11 is 3.66. The summed E-state index contributed by atoms with van der Waals surface area (Å²) in [4.78, 5) is 0. The summed E-state index contributed by atoms with van der Waals surface area (Å²) in [7, 11) is 1.68. The van der Waals surface area contributed by atoms with E-state index in [2.05, 4.69) is 54.2 Å². The Balaban J connectivity index is 2.04. The van der Waals surface area contributed by atoms with E-state index in [4.69, 9.17) is 9.47 Å². The first-order valence-corrected chi connectivity index (χ1v) is 9.55. The molecule has 0 aliphatic carbocycles. The van der Waals surface area contributed by atoms with Crippen LogP contribution in [0.15, 0.2) is 40.9 Å². The number of hydrogen-bond acceptors (Lipinski definition) is 3. The molecule has 0 saturated heterocycles. The minimum Gasteiger partial charge on any atom is -0.493 e. The van der Waals surface area contributed by atoms with Crippen molar-refractivity contribution < 1.29 is 9.47 Å². The third kappa shape index (κ3) is 6.05. The van der Waals surface area contributed by atoms with Gasteiger partial charge in [0.15, 0.2) is 11.5 Å². The third-order valence-corrected chi connectivity index (χ3v) is 4.93. The van der Waals surface area contributed by atoms with Crippen LogP contribution in [0.3, 0.4) is 0 Å². The van der Waals surface area contributed by atoms with Crippen molar-refractivity contribution in [3.8, 4) is 11.5 Å². The van der Waals surface area contributed by atoms with Crippen molar-refractivity contribution in [3.05, 3.63) is 57.6 Å². The molecule has 0 saturated carbocycles. The summed E-state index contributed by atoms with van der Waals surface area (Å²) in [6.07, 6.45) is 1.17. The molecule has 2 aromatic carbocycles. The first-order chi connectivity index (χ1) is 12.0. The second-order valence-corrected chi connectivity index (χ2v) is 7.52. The van der Waals surface area contributed by atoms with Crippen LogP contribution in [0, 0.1) is 12.8 Å². The Morgan fingerprint density at radius 3 is 2.52 bits per heavy atom. The molecule has 0 heterocycles. The van der Waals surface area contributed by atoms with Crippen LogP contribution in [0.5, 0.6) is 11.5 Å². The fourth-order valence-electron chi connectivity index (χ4n) is 2.53. The minimum absolute atomic E-state index is 0.529. The average Bonchev–Trinajstić information content (AvgIpc) is 2.59. The quantitative estimate of drug-likeness (QED) is 0.560. The zero-order valence-corrected chi connectivity index (χ0v) is 17.2. The van der Waals surface area contributed by atoms with Gasteiger partial charge < -0.3 is 14.8 Å². The molecule has 0 aromatic heterocycles. The fraction of sp³-hybridized carbons (Fsp3) is 0.429. The summed E-state index contributed by atoms with van der Waals surface area (Å²) in [5.41, 5.74) is 3.58. The number of benzene rings is 2. The van der Waals surface area contributed by atoms with Crippen molar-refractivity contribution >= 4 is 15.9 Å². The maximum absolute atomic E-state index is 6.01. The van der Waals surface area contributed by atoms with Crippen molar-refractivity contribution in [2.45, 2.75) is 40.3 Å². The smallest absolute Gasteiger partial charge is 0.162 e. The van der Waals surface area contributed by atoms with E-state index < -0.39 is 0 Å². The van der Waals surface area contributed by atoms with Crippen LogP contribution in [-0.4, -0.2) is 13.7 Å². The van der Waals surface area contributed by atoms with Gasteiger partial charge in [0.2, 0.25) is 0 Å². The van der Waals surface area contributed by atoms with E-state index in [9.17, 15) is 0 Å². The molecule has 0 bridgehead atoms. The number of aryl methyl sites for hydroxylation is 1. The Bertz CT molecular complexity index is 686. The Hall–Kier alpha value is -1.52. The van der Waals surface area contributed by atoms with Gasteiger partial charge in [-0.1, -0.05) is 54.0 Å². The first kappa shape index (κ1) is 19.8. The van der Waals surface area contributed by atoms with Crippen molar-refractivity contribution in [1.29, 1.82) is 0 Å². The highest BCUT2D eigenvalue weighted by molar-refractivity contribution is 9.10. The summed E-state index contributed by atoms with van der Waals surface area (Å²) in [6.45, 7) is 8.92. The average molecular weight is 406 g/mol. The van der Waals surface area contributed by atoms with E-state index >= 15 is 0 Å². The van der Waals surface area contributed by atoms with Gasteiger partial charge in [0.25, 0.3) is 0 Å². The van der Waals surface area contributed by atoms with Gasteiger partial charge in [-0.2, -0.15) is 0 Å². The van der Waals surface area contributed by atoms with E-state index in [-0.39, 0.29) is 0 Å². The van der Waals surface area contributed by atoms with Gasteiger partial charge >= 0.3 is 0 Å². The lowest BCUT2D eigenvalue weighted by Crippen LogP contribution is -2.16. The molecule has 4 heteroatoms. The largest absolute Gasteiger partial charge is 0.493 e. The standard InChI is InChI=1S/C21H28BrNO2/c1-15(2)9-10-23-13-18-11-20(24-4)21(12-19(18)22)25-14-17-8-6-5-7-16(17)3/h5-8,11-12,15,23H,9-10,13-14H2,1-4H3. The van der Waals surface area contributed by atoms with Crippen molar-refractivity contribution in [1.82, 2.24) is 5.32 Å². The number of nitrogens with one attached hydrogen (secondary N) is 1. The van der Waals surface area contributed by atoms with Crippen molar-refractivity contribution in [2.75, 3.05) is 13.7 Å². The molecule has 2 aromatic rings. The second-order valence-electron chi connectivity index (χ2n) is 6.67. The monoisotopic (exact) mass is 405 g/mol. The molecular weight excluding hydrogens is 378 g/mol. The van der Waals surface area contributed by atoms with Gasteiger partial charge in [0, 0.05) is 11.0 Å². The number of ether oxygens (including phenoxy) is 2. The molecule has 0 aliphatic heterocycles. The Labute approximate surface area is 159 Å². The lowest BCUT2D eigenvalue weighted by atomic mass is 10.1. The van der Waals surface area contributed by atoms with Crippen LogP contribution in [0.4, 0.5) is 0 Å². The Kier molecular flexibility index (Phi) is 7.79. The molecule has 2 rings (SSSR count). The molecule has 0 aliphatic rings. The van der Waals surface area contributed by atoms with Crippen LogP contribution in [-0.2, 0) is 13.2 Å². The van der Waals surface area contributed by atoms with Crippen molar-refractivity contribution in [3.63, 3.8) is 0 Å². The summed E-state index contributed by atoms with van der Waals surface area (Å²) < 4.78 is 12.6. The molecule has 25 heavy (non-hydrogen) atoms. The van der Waals surface area contributed by atoms with E-state index in [1.165, 1.54) is 23.1 Å². The fourth-order valence-corrected chi connectivity index (χ4v) is 2.99. The summed E-state index contributed by atoms with van der Waals surface area (Å²) in [5, 5.41) is 3.48. The molecule has 0 amide bonds. The van der Waals surface area contributed by atoms with E-state index in [0.717, 1.165) is 29.1 Å². The predicted molar refractivity (Wildman–Crippen MR) is 107 cm³/mol. The maximum atomic E-state index is 6.01. The molecule has 0 spiro atoms. The lowest BCUT2D eigenvalue weighted by molar-refractivity contribution is 0.283. The minimum atomic E-state index is 0.529. The Morgan fingerprint density at radius 2 is 1.84 bits per heavy atom. The van der Waals surface area contributed by atoms with E-state index in [0.29, 0.717) is 12.5 Å². The molecular formula is C21H28BrNO2. The Morgan fingerprint density at radius 1 is 1.08 bits per heavy atom. The van der Waals surface area contributed by atoms with Crippen LogP contribution < -0.4 is 14.8 Å². The van der Waals surface area contributed by atoms with Crippen LogP contribution in [0.1, 0.15) is 37.0 Å². The second kappa shape index (κ2) is 9.83.